The third kappa shape index (κ3) is 4.11. The quantitative estimate of drug-likeness (QED) is 0.901. The molecule has 0 fully saturated rings. The monoisotopic (exact) mass is 303 g/mol. The Kier molecular flexibility index (Phi) is 4.82. The van der Waals surface area contributed by atoms with E-state index in [4.69, 9.17) is 28.3 Å². The van der Waals surface area contributed by atoms with Gasteiger partial charge in [0.1, 0.15) is 6.04 Å². The maximum Gasteiger partial charge on any atom is 0.326 e. The summed E-state index contributed by atoms with van der Waals surface area (Å²) in [5.74, 6) is -1.66. The summed E-state index contributed by atoms with van der Waals surface area (Å²) in [6, 6.07) is 3.43. The number of aliphatic carboxylic acids is 1. The fraction of sp³-hybridized carbons (Fsp3) is 0.385. The van der Waals surface area contributed by atoms with Crippen LogP contribution in [0.3, 0.4) is 0 Å². The molecule has 0 heterocycles. The van der Waals surface area contributed by atoms with E-state index in [0.717, 1.165) is 0 Å². The molecule has 0 spiro atoms. The van der Waals surface area contributed by atoms with Crippen LogP contribution in [-0.4, -0.2) is 23.0 Å². The van der Waals surface area contributed by atoms with Crippen LogP contribution < -0.4 is 5.32 Å². The van der Waals surface area contributed by atoms with Crippen LogP contribution in [-0.2, 0) is 4.79 Å². The first-order valence-electron chi connectivity index (χ1n) is 5.61. The smallest absolute Gasteiger partial charge is 0.326 e. The molecule has 4 nitrogen and oxygen atoms in total. The number of carboxylic acids is 1. The van der Waals surface area contributed by atoms with Crippen LogP contribution in [0.1, 0.15) is 31.1 Å². The highest BCUT2D eigenvalue weighted by Crippen LogP contribution is 2.23. The second-order valence-corrected chi connectivity index (χ2v) is 6.08. The van der Waals surface area contributed by atoms with E-state index in [2.05, 4.69) is 5.32 Å². The number of hydrogen-bond donors (Lipinski definition) is 2. The second-order valence-electron chi connectivity index (χ2n) is 5.23. The molecule has 1 aromatic carbocycles. The predicted molar refractivity (Wildman–Crippen MR) is 74.8 cm³/mol. The van der Waals surface area contributed by atoms with E-state index in [1.165, 1.54) is 12.1 Å². The molecule has 19 heavy (non-hydrogen) atoms. The van der Waals surface area contributed by atoms with E-state index in [1.807, 2.05) is 0 Å². The highest BCUT2D eigenvalue weighted by molar-refractivity contribution is 6.35. The Morgan fingerprint density at radius 2 is 1.84 bits per heavy atom. The molecule has 0 saturated carbocycles. The molecule has 1 amide bonds. The van der Waals surface area contributed by atoms with Crippen molar-refractivity contribution in [3.05, 3.63) is 33.8 Å². The maximum atomic E-state index is 12.1. The van der Waals surface area contributed by atoms with Gasteiger partial charge in [-0.3, -0.25) is 4.79 Å². The van der Waals surface area contributed by atoms with Gasteiger partial charge in [-0.1, -0.05) is 44.0 Å². The van der Waals surface area contributed by atoms with Crippen molar-refractivity contribution in [1.82, 2.24) is 5.32 Å². The van der Waals surface area contributed by atoms with Crippen LogP contribution in [0.5, 0.6) is 0 Å². The number of nitrogens with one attached hydrogen (secondary N) is 1. The standard InChI is InChI=1S/C13H15Cl2NO3/c1-13(2,3)10(12(18)19)16-11(17)8-6-7(14)4-5-9(8)15/h4-6,10H,1-3H3,(H,16,17)(H,18,19)/t10-/m1/s1. The van der Waals surface area contributed by atoms with Crippen molar-refractivity contribution >= 4 is 35.1 Å². The van der Waals surface area contributed by atoms with E-state index >= 15 is 0 Å². The lowest BCUT2D eigenvalue weighted by atomic mass is 9.86. The molecular weight excluding hydrogens is 289 g/mol. The number of benzene rings is 1. The molecular formula is C13H15Cl2NO3. The lowest BCUT2D eigenvalue weighted by Gasteiger charge is -2.27. The lowest BCUT2D eigenvalue weighted by molar-refractivity contribution is -0.142. The molecule has 0 aromatic heterocycles. The van der Waals surface area contributed by atoms with Crippen LogP contribution in [0.2, 0.25) is 10.0 Å². The zero-order valence-corrected chi connectivity index (χ0v) is 12.3. The Labute approximate surface area is 121 Å². The zero-order valence-electron chi connectivity index (χ0n) is 10.8. The number of carboxylic acid groups (broad SMARTS) is 1. The van der Waals surface area contributed by atoms with E-state index in [9.17, 15) is 9.59 Å². The summed E-state index contributed by atoms with van der Waals surface area (Å²) in [6.45, 7) is 5.18. The Morgan fingerprint density at radius 3 is 2.32 bits per heavy atom. The summed E-state index contributed by atoms with van der Waals surface area (Å²) in [7, 11) is 0. The van der Waals surface area contributed by atoms with Crippen LogP contribution in [0, 0.1) is 5.41 Å². The molecule has 104 valence electrons. The Balaban J connectivity index is 3.01. The van der Waals surface area contributed by atoms with Gasteiger partial charge in [0.05, 0.1) is 10.6 Å². The molecule has 0 aliphatic carbocycles. The minimum absolute atomic E-state index is 0.157. The SMILES string of the molecule is CC(C)(C)[C@H](NC(=O)c1cc(Cl)ccc1Cl)C(=O)O. The van der Waals surface area contributed by atoms with Crippen molar-refractivity contribution in [3.8, 4) is 0 Å². The van der Waals surface area contributed by atoms with Crippen molar-refractivity contribution in [3.63, 3.8) is 0 Å². The normalized spacial score (nSPS) is 12.9. The van der Waals surface area contributed by atoms with Gasteiger partial charge in [0.15, 0.2) is 0 Å². The number of halogens is 2. The molecule has 0 unspecified atom stereocenters. The topological polar surface area (TPSA) is 66.4 Å². The average molecular weight is 304 g/mol. The molecule has 0 bridgehead atoms. The van der Waals surface area contributed by atoms with E-state index in [-0.39, 0.29) is 10.6 Å². The average Bonchev–Trinajstić information content (AvgIpc) is 2.26. The summed E-state index contributed by atoms with van der Waals surface area (Å²) in [4.78, 5) is 23.3. The van der Waals surface area contributed by atoms with Crippen LogP contribution in [0.4, 0.5) is 0 Å². The van der Waals surface area contributed by atoms with Gasteiger partial charge in [0, 0.05) is 5.02 Å². The summed E-state index contributed by atoms with van der Waals surface area (Å²) in [5, 5.41) is 12.2. The molecule has 0 radical (unpaired) electrons. The Morgan fingerprint density at radius 1 is 1.26 bits per heavy atom. The van der Waals surface area contributed by atoms with E-state index in [1.54, 1.807) is 26.8 Å². The molecule has 0 saturated heterocycles. The van der Waals surface area contributed by atoms with Gasteiger partial charge in [-0.2, -0.15) is 0 Å². The second kappa shape index (κ2) is 5.80. The van der Waals surface area contributed by atoms with Crippen molar-refractivity contribution in [2.75, 3.05) is 0 Å². The molecule has 1 aromatic rings. The van der Waals surface area contributed by atoms with Crippen LogP contribution in [0.15, 0.2) is 18.2 Å². The maximum absolute atomic E-state index is 12.1. The lowest BCUT2D eigenvalue weighted by Crippen LogP contribution is -2.49. The first-order chi connectivity index (χ1) is 8.62. The summed E-state index contributed by atoms with van der Waals surface area (Å²) in [5.41, 5.74) is -0.461. The Bertz CT molecular complexity index is 509. The van der Waals surface area contributed by atoms with Gasteiger partial charge in [0.2, 0.25) is 0 Å². The molecule has 1 rings (SSSR count). The number of hydrogen-bond acceptors (Lipinski definition) is 2. The molecule has 0 aliphatic heterocycles. The number of carbonyl (C=O) groups excluding carboxylic acids is 1. The molecule has 2 N–H and O–H groups in total. The van der Waals surface area contributed by atoms with Crippen molar-refractivity contribution in [2.45, 2.75) is 26.8 Å². The van der Waals surface area contributed by atoms with E-state index < -0.39 is 23.3 Å². The van der Waals surface area contributed by atoms with Gasteiger partial charge in [-0.25, -0.2) is 4.79 Å². The minimum Gasteiger partial charge on any atom is -0.480 e. The minimum atomic E-state index is -1.10. The van der Waals surface area contributed by atoms with Gasteiger partial charge >= 0.3 is 5.97 Å². The number of amides is 1. The summed E-state index contributed by atoms with van der Waals surface area (Å²) >= 11 is 11.7. The van der Waals surface area contributed by atoms with Crippen molar-refractivity contribution in [2.24, 2.45) is 5.41 Å². The summed E-state index contributed by atoms with van der Waals surface area (Å²) in [6.07, 6.45) is 0. The largest absolute Gasteiger partial charge is 0.480 e. The number of rotatable bonds is 3. The van der Waals surface area contributed by atoms with Crippen LogP contribution >= 0.6 is 23.2 Å². The van der Waals surface area contributed by atoms with E-state index in [0.29, 0.717) is 5.02 Å². The number of carbonyl (C=O) groups is 2. The van der Waals surface area contributed by atoms with Gasteiger partial charge < -0.3 is 10.4 Å². The fourth-order valence-corrected chi connectivity index (χ4v) is 1.90. The third-order valence-corrected chi connectivity index (χ3v) is 3.13. The predicted octanol–water partition coefficient (Wildman–Crippen LogP) is 3.22. The summed E-state index contributed by atoms with van der Waals surface area (Å²) < 4.78 is 0. The molecule has 6 heteroatoms. The van der Waals surface area contributed by atoms with Crippen molar-refractivity contribution < 1.29 is 14.7 Å². The van der Waals surface area contributed by atoms with Gasteiger partial charge in [-0.05, 0) is 23.6 Å². The highest BCUT2D eigenvalue weighted by Gasteiger charge is 2.33. The van der Waals surface area contributed by atoms with Crippen LogP contribution in [0.25, 0.3) is 0 Å². The van der Waals surface area contributed by atoms with Crippen molar-refractivity contribution in [1.29, 1.82) is 0 Å². The Hall–Kier alpha value is -1.26. The fourth-order valence-electron chi connectivity index (χ4n) is 1.53. The van der Waals surface area contributed by atoms with Gasteiger partial charge in [0.25, 0.3) is 5.91 Å². The zero-order chi connectivity index (χ0) is 14.8. The highest BCUT2D eigenvalue weighted by atomic mass is 35.5. The first-order valence-corrected chi connectivity index (χ1v) is 6.37. The molecule has 1 atom stereocenters. The molecule has 0 aliphatic rings. The first kappa shape index (κ1) is 15.8. The third-order valence-electron chi connectivity index (χ3n) is 2.56. The van der Waals surface area contributed by atoms with Gasteiger partial charge in [-0.15, -0.1) is 0 Å².